The fourth-order valence-electron chi connectivity index (χ4n) is 4.17. The van der Waals surface area contributed by atoms with Crippen LogP contribution in [0.1, 0.15) is 20.7 Å². The topological polar surface area (TPSA) is 88.4 Å². The number of primary amides is 1. The lowest BCUT2D eigenvalue weighted by Crippen LogP contribution is -2.40. The molecule has 0 aliphatic carbocycles. The van der Waals surface area contributed by atoms with Crippen molar-refractivity contribution in [2.24, 2.45) is 5.73 Å². The number of aromatic nitrogens is 1. The van der Waals surface area contributed by atoms with Crippen molar-refractivity contribution in [2.45, 2.75) is 0 Å². The number of aromatic amines is 1. The summed E-state index contributed by atoms with van der Waals surface area (Å²) in [6.45, 7) is 2.07. The molecule has 162 valence electrons. The van der Waals surface area contributed by atoms with Crippen LogP contribution < -0.4 is 5.73 Å². The highest BCUT2D eigenvalue weighted by molar-refractivity contribution is 6.17. The van der Waals surface area contributed by atoms with E-state index in [2.05, 4.69) is 4.98 Å². The van der Waals surface area contributed by atoms with Gasteiger partial charge in [-0.3, -0.25) is 9.59 Å². The molecule has 1 aliphatic rings. The summed E-state index contributed by atoms with van der Waals surface area (Å²) < 4.78 is 32.8. The number of nitrogens with two attached hydrogens (primary N) is 1. The van der Waals surface area contributed by atoms with Crippen LogP contribution in [0.15, 0.2) is 48.5 Å². The monoisotopic (exact) mass is 435 g/mol. The smallest absolute Gasteiger partial charge is 0.254 e. The molecule has 0 bridgehead atoms. The number of halogens is 2. The van der Waals surface area contributed by atoms with E-state index in [0.717, 1.165) is 11.5 Å². The number of hydrogen-bond donors (Lipinski definition) is 2. The molecule has 3 aromatic carbocycles. The predicted molar refractivity (Wildman–Crippen MR) is 116 cm³/mol. The van der Waals surface area contributed by atoms with Gasteiger partial charge in [-0.25, -0.2) is 8.78 Å². The Kier molecular flexibility index (Phi) is 4.86. The van der Waals surface area contributed by atoms with Gasteiger partial charge in [-0.05, 0) is 47.5 Å². The van der Waals surface area contributed by atoms with Crippen molar-refractivity contribution < 1.29 is 23.1 Å². The van der Waals surface area contributed by atoms with E-state index in [0.29, 0.717) is 59.4 Å². The van der Waals surface area contributed by atoms with E-state index in [-0.39, 0.29) is 11.5 Å². The number of carbonyl (C=O) groups excluding carboxylic acids is 2. The van der Waals surface area contributed by atoms with Gasteiger partial charge in [0.1, 0.15) is 11.6 Å². The van der Waals surface area contributed by atoms with Gasteiger partial charge in [0.15, 0.2) is 0 Å². The van der Waals surface area contributed by atoms with Crippen LogP contribution in [0.5, 0.6) is 0 Å². The number of benzene rings is 3. The second kappa shape index (κ2) is 7.72. The number of H-pyrrole nitrogens is 1. The maximum absolute atomic E-state index is 13.8. The third-order valence-corrected chi connectivity index (χ3v) is 5.71. The molecule has 5 rings (SSSR count). The fourth-order valence-corrected chi connectivity index (χ4v) is 4.17. The third-order valence-electron chi connectivity index (χ3n) is 5.71. The number of hydrogen-bond acceptors (Lipinski definition) is 3. The van der Waals surface area contributed by atoms with E-state index < -0.39 is 17.5 Å². The molecule has 2 amide bonds. The van der Waals surface area contributed by atoms with E-state index >= 15 is 0 Å². The minimum atomic E-state index is -0.717. The summed E-state index contributed by atoms with van der Waals surface area (Å²) in [5.41, 5.74) is 8.22. The number of nitrogens with one attached hydrogen (secondary N) is 1. The first kappa shape index (κ1) is 20.1. The standard InChI is InChI=1S/C24H19F2N3O3/c25-16-7-14(8-17(26)12-16)15-9-19-18-2-1-13(24(31)29-3-5-32-6-4-29)11-21(18)28-22(19)20(10-15)23(27)30/h1-2,7-12,28H,3-6H2,(H2,27,30). The second-order valence-electron chi connectivity index (χ2n) is 7.76. The first-order valence-corrected chi connectivity index (χ1v) is 10.1. The predicted octanol–water partition coefficient (Wildman–Crippen LogP) is 3.84. The molecule has 0 radical (unpaired) electrons. The highest BCUT2D eigenvalue weighted by Crippen LogP contribution is 2.34. The van der Waals surface area contributed by atoms with Crippen molar-refractivity contribution in [3.8, 4) is 11.1 Å². The molecule has 1 saturated heterocycles. The van der Waals surface area contributed by atoms with E-state index in [1.54, 1.807) is 29.2 Å². The summed E-state index contributed by atoms with van der Waals surface area (Å²) in [7, 11) is 0. The molecule has 1 aromatic heterocycles. The van der Waals surface area contributed by atoms with Crippen molar-refractivity contribution >= 4 is 33.6 Å². The Morgan fingerprint density at radius 3 is 2.28 bits per heavy atom. The SMILES string of the molecule is NC(=O)c1cc(-c2cc(F)cc(F)c2)cc2c1[nH]c1cc(C(=O)N3CCOCC3)ccc12. The number of carbonyl (C=O) groups is 2. The number of amides is 2. The zero-order chi connectivity index (χ0) is 22.4. The van der Waals surface area contributed by atoms with Gasteiger partial charge in [-0.1, -0.05) is 6.07 Å². The Hall–Kier alpha value is -3.78. The molecule has 0 saturated carbocycles. The van der Waals surface area contributed by atoms with Gasteiger partial charge >= 0.3 is 0 Å². The lowest BCUT2D eigenvalue weighted by Gasteiger charge is -2.26. The first-order valence-electron chi connectivity index (χ1n) is 10.1. The number of morpholine rings is 1. The van der Waals surface area contributed by atoms with Gasteiger partial charge in [-0.2, -0.15) is 0 Å². The summed E-state index contributed by atoms with van der Waals surface area (Å²) in [4.78, 5) is 29.9. The molecule has 3 N–H and O–H groups in total. The van der Waals surface area contributed by atoms with E-state index in [4.69, 9.17) is 10.5 Å². The third kappa shape index (κ3) is 3.48. The largest absolute Gasteiger partial charge is 0.378 e. The molecule has 8 heteroatoms. The van der Waals surface area contributed by atoms with Crippen LogP contribution in [0.4, 0.5) is 8.78 Å². The van der Waals surface area contributed by atoms with Crippen molar-refractivity contribution in [1.82, 2.24) is 9.88 Å². The van der Waals surface area contributed by atoms with Crippen molar-refractivity contribution in [3.05, 3.63) is 71.3 Å². The lowest BCUT2D eigenvalue weighted by atomic mass is 9.98. The van der Waals surface area contributed by atoms with E-state index in [1.165, 1.54) is 18.2 Å². The van der Waals surface area contributed by atoms with Crippen LogP contribution in [-0.4, -0.2) is 48.0 Å². The Morgan fingerprint density at radius 1 is 0.906 bits per heavy atom. The van der Waals surface area contributed by atoms with Crippen LogP contribution in [0, 0.1) is 11.6 Å². The zero-order valence-electron chi connectivity index (χ0n) is 17.0. The van der Waals surface area contributed by atoms with Gasteiger partial charge in [-0.15, -0.1) is 0 Å². The Bertz CT molecular complexity index is 1370. The first-order chi connectivity index (χ1) is 15.4. The summed E-state index contributed by atoms with van der Waals surface area (Å²) in [5.74, 6) is -2.21. The number of fused-ring (bicyclic) bond motifs is 3. The maximum Gasteiger partial charge on any atom is 0.254 e. The molecular formula is C24H19F2N3O3. The molecule has 1 fully saturated rings. The number of nitrogens with zero attached hydrogens (tertiary/aromatic N) is 1. The molecular weight excluding hydrogens is 416 g/mol. The van der Waals surface area contributed by atoms with Crippen molar-refractivity contribution in [3.63, 3.8) is 0 Å². The number of rotatable bonds is 3. The van der Waals surface area contributed by atoms with Crippen LogP contribution in [0.25, 0.3) is 32.9 Å². The van der Waals surface area contributed by atoms with Gasteiger partial charge in [0, 0.05) is 41.0 Å². The molecule has 0 atom stereocenters. The van der Waals surface area contributed by atoms with E-state index in [1.807, 2.05) is 0 Å². The summed E-state index contributed by atoms with van der Waals surface area (Å²) in [5, 5.41) is 1.43. The minimum Gasteiger partial charge on any atom is -0.378 e. The number of ether oxygens (including phenoxy) is 1. The van der Waals surface area contributed by atoms with Gasteiger partial charge in [0.05, 0.1) is 24.3 Å². The second-order valence-corrected chi connectivity index (χ2v) is 7.76. The zero-order valence-corrected chi connectivity index (χ0v) is 17.0. The maximum atomic E-state index is 13.8. The van der Waals surface area contributed by atoms with Gasteiger partial charge in [0.25, 0.3) is 11.8 Å². The Morgan fingerprint density at radius 2 is 1.59 bits per heavy atom. The fraction of sp³-hybridized carbons (Fsp3) is 0.167. The molecule has 4 aromatic rings. The molecule has 6 nitrogen and oxygen atoms in total. The van der Waals surface area contributed by atoms with Crippen LogP contribution in [-0.2, 0) is 4.74 Å². The molecule has 1 aliphatic heterocycles. The summed E-state index contributed by atoms with van der Waals surface area (Å²) in [6, 6.07) is 11.7. The average Bonchev–Trinajstić information content (AvgIpc) is 3.15. The summed E-state index contributed by atoms with van der Waals surface area (Å²) in [6.07, 6.45) is 0. The van der Waals surface area contributed by atoms with Crippen molar-refractivity contribution in [1.29, 1.82) is 0 Å². The van der Waals surface area contributed by atoms with Gasteiger partial charge < -0.3 is 20.4 Å². The molecule has 2 heterocycles. The lowest BCUT2D eigenvalue weighted by molar-refractivity contribution is 0.0303. The molecule has 0 unspecified atom stereocenters. The average molecular weight is 435 g/mol. The molecule has 32 heavy (non-hydrogen) atoms. The van der Waals surface area contributed by atoms with Crippen LogP contribution in [0.3, 0.4) is 0 Å². The highest BCUT2D eigenvalue weighted by atomic mass is 19.1. The quantitative estimate of drug-likeness (QED) is 0.513. The Balaban J connectivity index is 1.66. The normalized spacial score (nSPS) is 14.2. The molecule has 0 spiro atoms. The highest BCUT2D eigenvalue weighted by Gasteiger charge is 2.20. The van der Waals surface area contributed by atoms with Crippen LogP contribution >= 0.6 is 0 Å². The summed E-state index contributed by atoms with van der Waals surface area (Å²) >= 11 is 0. The Labute approximate surface area is 181 Å². The van der Waals surface area contributed by atoms with Crippen LogP contribution in [0.2, 0.25) is 0 Å². The van der Waals surface area contributed by atoms with Gasteiger partial charge in [0.2, 0.25) is 0 Å². The van der Waals surface area contributed by atoms with E-state index in [9.17, 15) is 18.4 Å². The van der Waals surface area contributed by atoms with Crippen molar-refractivity contribution in [2.75, 3.05) is 26.3 Å². The minimum absolute atomic E-state index is 0.0973.